The Balaban J connectivity index is 2.11. The summed E-state index contributed by atoms with van der Waals surface area (Å²) in [6.45, 7) is 4.55. The average molecular weight is 282 g/mol. The molecule has 2 rings (SSSR count). The average Bonchev–Trinajstić information content (AvgIpc) is 2.67. The van der Waals surface area contributed by atoms with Crippen molar-refractivity contribution >= 4 is 21.6 Å². The van der Waals surface area contributed by atoms with Crippen molar-refractivity contribution in [1.82, 2.24) is 10.3 Å². The molecule has 0 aliphatic heterocycles. The zero-order valence-electron chi connectivity index (χ0n) is 9.12. The maximum absolute atomic E-state index is 4.64. The molecule has 0 aliphatic carbocycles. The van der Waals surface area contributed by atoms with Gasteiger partial charge in [0.25, 0.3) is 0 Å². The van der Waals surface area contributed by atoms with Crippen LogP contribution in [0.2, 0.25) is 0 Å². The number of benzene rings is 1. The molecule has 1 aromatic heterocycles. The van der Waals surface area contributed by atoms with Crippen molar-refractivity contribution in [2.75, 3.05) is 5.32 Å². The molecule has 0 aliphatic rings. The van der Waals surface area contributed by atoms with E-state index in [0.717, 1.165) is 21.5 Å². The molecule has 0 unspecified atom stereocenters. The van der Waals surface area contributed by atoms with E-state index in [9.17, 15) is 0 Å². The fourth-order valence-corrected chi connectivity index (χ4v) is 1.75. The van der Waals surface area contributed by atoms with E-state index in [1.807, 2.05) is 25.1 Å². The molecule has 0 atom stereocenters. The molecule has 4 nitrogen and oxygen atoms in total. The van der Waals surface area contributed by atoms with Crippen LogP contribution >= 0.6 is 15.9 Å². The molecule has 0 bridgehead atoms. The molecule has 0 radical (unpaired) electrons. The first-order chi connectivity index (χ1) is 7.68. The molecule has 0 saturated carbocycles. The molecule has 0 saturated heterocycles. The highest BCUT2D eigenvalue weighted by molar-refractivity contribution is 9.10. The smallest absolute Gasteiger partial charge is 0.127 e. The Bertz CT molecular complexity index is 496. The van der Waals surface area contributed by atoms with Crippen molar-refractivity contribution in [2.24, 2.45) is 0 Å². The Morgan fingerprint density at radius 1 is 1.31 bits per heavy atom. The quantitative estimate of drug-likeness (QED) is 0.940. The van der Waals surface area contributed by atoms with Gasteiger partial charge in [-0.25, -0.2) is 4.63 Å². The zero-order chi connectivity index (χ0) is 11.5. The van der Waals surface area contributed by atoms with Crippen molar-refractivity contribution in [1.29, 1.82) is 0 Å². The molecular weight excluding hydrogens is 270 g/mol. The Morgan fingerprint density at radius 3 is 2.81 bits per heavy atom. The normalized spacial score (nSPS) is 10.4. The third-order valence-corrected chi connectivity index (χ3v) is 3.32. The maximum Gasteiger partial charge on any atom is 0.127 e. The first-order valence-corrected chi connectivity index (χ1v) is 5.75. The number of aromatic nitrogens is 2. The number of halogens is 1. The van der Waals surface area contributed by atoms with E-state index < -0.39 is 0 Å². The lowest BCUT2D eigenvalue weighted by Crippen LogP contribution is -2.02. The predicted molar refractivity (Wildman–Crippen MR) is 65.2 cm³/mol. The third kappa shape index (κ3) is 2.24. The van der Waals surface area contributed by atoms with Crippen LogP contribution in [0.4, 0.5) is 5.69 Å². The number of hydrogen-bond donors (Lipinski definition) is 1. The minimum atomic E-state index is 0.618. The van der Waals surface area contributed by atoms with Crippen LogP contribution < -0.4 is 5.32 Å². The van der Waals surface area contributed by atoms with Crippen LogP contribution in [0, 0.1) is 13.8 Å². The first kappa shape index (κ1) is 11.1. The maximum atomic E-state index is 4.64. The Kier molecular flexibility index (Phi) is 3.24. The molecule has 1 aromatic carbocycles. The van der Waals surface area contributed by atoms with Gasteiger partial charge in [-0.2, -0.15) is 0 Å². The van der Waals surface area contributed by atoms with E-state index in [4.69, 9.17) is 0 Å². The summed E-state index contributed by atoms with van der Waals surface area (Å²) in [5, 5.41) is 10.9. The molecule has 5 heteroatoms. The minimum absolute atomic E-state index is 0.618. The molecular formula is C11H12BrN3O. The lowest BCUT2D eigenvalue weighted by molar-refractivity contribution is 0.301. The second kappa shape index (κ2) is 4.65. The number of hydrogen-bond acceptors (Lipinski definition) is 4. The van der Waals surface area contributed by atoms with Gasteiger partial charge >= 0.3 is 0 Å². The SMILES string of the molecule is Cc1nonc1CNc1cccc(Br)c1C. The highest BCUT2D eigenvalue weighted by Crippen LogP contribution is 2.23. The number of anilines is 1. The molecule has 0 fully saturated rings. The van der Waals surface area contributed by atoms with Gasteiger partial charge in [-0.3, -0.25) is 0 Å². The third-order valence-electron chi connectivity index (χ3n) is 2.46. The summed E-state index contributed by atoms with van der Waals surface area (Å²) in [5.41, 5.74) is 3.91. The van der Waals surface area contributed by atoms with E-state index in [1.165, 1.54) is 5.56 Å². The van der Waals surface area contributed by atoms with E-state index in [-0.39, 0.29) is 0 Å². The van der Waals surface area contributed by atoms with Crippen LogP contribution in [0.3, 0.4) is 0 Å². The molecule has 0 amide bonds. The fraction of sp³-hybridized carbons (Fsp3) is 0.273. The molecule has 2 aromatic rings. The number of rotatable bonds is 3. The standard InChI is InChI=1S/C11H12BrN3O/c1-7-9(12)4-3-5-10(7)13-6-11-8(2)14-16-15-11/h3-5,13H,6H2,1-2H3. The van der Waals surface area contributed by atoms with Crippen molar-refractivity contribution in [3.8, 4) is 0 Å². The molecule has 16 heavy (non-hydrogen) atoms. The summed E-state index contributed by atoms with van der Waals surface area (Å²) in [5.74, 6) is 0. The van der Waals surface area contributed by atoms with Gasteiger partial charge in [-0.05, 0) is 31.5 Å². The van der Waals surface area contributed by atoms with E-state index in [0.29, 0.717) is 6.54 Å². The van der Waals surface area contributed by atoms with Crippen LogP contribution in [0.15, 0.2) is 27.3 Å². The lowest BCUT2D eigenvalue weighted by atomic mass is 10.2. The van der Waals surface area contributed by atoms with Crippen LogP contribution in [-0.4, -0.2) is 10.3 Å². The number of aryl methyl sites for hydroxylation is 1. The molecule has 0 spiro atoms. The van der Waals surface area contributed by atoms with E-state index in [1.54, 1.807) is 0 Å². The Morgan fingerprint density at radius 2 is 2.12 bits per heavy atom. The van der Waals surface area contributed by atoms with Crippen molar-refractivity contribution in [3.05, 3.63) is 39.6 Å². The second-order valence-electron chi connectivity index (χ2n) is 3.56. The highest BCUT2D eigenvalue weighted by atomic mass is 79.9. The van der Waals surface area contributed by atoms with Gasteiger partial charge in [-0.15, -0.1) is 0 Å². The van der Waals surface area contributed by atoms with Crippen molar-refractivity contribution in [3.63, 3.8) is 0 Å². The number of nitrogens with one attached hydrogen (secondary N) is 1. The van der Waals surface area contributed by atoms with E-state index in [2.05, 4.69) is 43.1 Å². The molecule has 84 valence electrons. The first-order valence-electron chi connectivity index (χ1n) is 4.95. The van der Waals surface area contributed by atoms with Crippen molar-refractivity contribution < 1.29 is 4.63 Å². The minimum Gasteiger partial charge on any atom is -0.379 e. The van der Waals surface area contributed by atoms with Gasteiger partial charge in [0.2, 0.25) is 0 Å². The molecule has 1 N–H and O–H groups in total. The number of nitrogens with zero attached hydrogens (tertiary/aromatic N) is 2. The highest BCUT2D eigenvalue weighted by Gasteiger charge is 2.06. The van der Waals surface area contributed by atoms with Crippen molar-refractivity contribution in [2.45, 2.75) is 20.4 Å². The monoisotopic (exact) mass is 281 g/mol. The predicted octanol–water partition coefficient (Wildman–Crippen LogP) is 3.06. The zero-order valence-corrected chi connectivity index (χ0v) is 10.7. The largest absolute Gasteiger partial charge is 0.379 e. The topological polar surface area (TPSA) is 51.0 Å². The van der Waals surface area contributed by atoms with E-state index >= 15 is 0 Å². The van der Waals surface area contributed by atoms with Crippen LogP contribution in [0.25, 0.3) is 0 Å². The lowest BCUT2D eigenvalue weighted by Gasteiger charge is -2.09. The summed E-state index contributed by atoms with van der Waals surface area (Å²) in [4.78, 5) is 0. The summed E-state index contributed by atoms with van der Waals surface area (Å²) in [6, 6.07) is 6.04. The summed E-state index contributed by atoms with van der Waals surface area (Å²) in [6.07, 6.45) is 0. The van der Waals surface area contributed by atoms with Gasteiger partial charge in [0, 0.05) is 10.2 Å². The summed E-state index contributed by atoms with van der Waals surface area (Å²) >= 11 is 3.49. The van der Waals surface area contributed by atoms with Gasteiger partial charge < -0.3 is 5.32 Å². The summed E-state index contributed by atoms with van der Waals surface area (Å²) < 4.78 is 5.73. The molecule has 1 heterocycles. The Labute approximate surface area is 102 Å². The second-order valence-corrected chi connectivity index (χ2v) is 4.42. The van der Waals surface area contributed by atoms with Crippen LogP contribution in [-0.2, 0) is 6.54 Å². The Hall–Kier alpha value is -1.36. The van der Waals surface area contributed by atoms with Crippen LogP contribution in [0.1, 0.15) is 17.0 Å². The van der Waals surface area contributed by atoms with Crippen LogP contribution in [0.5, 0.6) is 0 Å². The van der Waals surface area contributed by atoms with Gasteiger partial charge in [0.1, 0.15) is 11.4 Å². The van der Waals surface area contributed by atoms with Gasteiger partial charge in [-0.1, -0.05) is 32.3 Å². The fourth-order valence-electron chi connectivity index (χ4n) is 1.39. The van der Waals surface area contributed by atoms with Gasteiger partial charge in [0.15, 0.2) is 0 Å². The summed E-state index contributed by atoms with van der Waals surface area (Å²) in [7, 11) is 0. The van der Waals surface area contributed by atoms with Gasteiger partial charge in [0.05, 0.1) is 6.54 Å².